The van der Waals surface area contributed by atoms with Crippen molar-refractivity contribution >= 4 is 38.6 Å². The molecular formula is C23H21F3N4O6S. The van der Waals surface area contributed by atoms with E-state index < -0.39 is 39.8 Å². The molecule has 1 fully saturated rings. The van der Waals surface area contributed by atoms with Gasteiger partial charge >= 0.3 is 12.5 Å². The van der Waals surface area contributed by atoms with Crippen molar-refractivity contribution in [1.82, 2.24) is 14.8 Å². The van der Waals surface area contributed by atoms with Crippen molar-refractivity contribution in [3.63, 3.8) is 0 Å². The van der Waals surface area contributed by atoms with Crippen LogP contribution < -0.4 is 9.46 Å². The molecule has 1 aliphatic rings. The number of piperazine rings is 1. The topological polar surface area (TPSA) is 118 Å². The van der Waals surface area contributed by atoms with Crippen LogP contribution in [0.3, 0.4) is 0 Å². The molecule has 1 aliphatic heterocycles. The molecule has 2 amide bonds. The van der Waals surface area contributed by atoms with Gasteiger partial charge in [-0.2, -0.15) is 0 Å². The Morgan fingerprint density at radius 3 is 2.35 bits per heavy atom. The Kier molecular flexibility index (Phi) is 7.12. The maximum Gasteiger partial charge on any atom is 0.573 e. The van der Waals surface area contributed by atoms with Gasteiger partial charge in [0.15, 0.2) is 5.75 Å². The molecule has 196 valence electrons. The summed E-state index contributed by atoms with van der Waals surface area (Å²) in [5, 5.41) is 0.519. The Morgan fingerprint density at radius 2 is 1.68 bits per heavy atom. The van der Waals surface area contributed by atoms with Crippen LogP contribution in [-0.4, -0.2) is 74.9 Å². The highest BCUT2D eigenvalue weighted by Crippen LogP contribution is 2.34. The van der Waals surface area contributed by atoms with Crippen molar-refractivity contribution in [1.29, 1.82) is 0 Å². The van der Waals surface area contributed by atoms with E-state index >= 15 is 0 Å². The van der Waals surface area contributed by atoms with Gasteiger partial charge in [-0.05, 0) is 30.3 Å². The third-order valence-corrected chi connectivity index (χ3v) is 6.98. The summed E-state index contributed by atoms with van der Waals surface area (Å²) in [6.07, 6.45) is -4.31. The van der Waals surface area contributed by atoms with E-state index in [1.54, 1.807) is 18.2 Å². The molecule has 1 saturated heterocycles. The molecule has 0 bridgehead atoms. The second-order valence-corrected chi connectivity index (χ2v) is 9.60. The summed E-state index contributed by atoms with van der Waals surface area (Å²) in [5.41, 5.74) is -0.536. The second-order valence-electron chi connectivity index (χ2n) is 7.94. The smallest absolute Gasteiger partial charge is 0.453 e. The van der Waals surface area contributed by atoms with Crippen LogP contribution in [0.5, 0.6) is 5.75 Å². The van der Waals surface area contributed by atoms with Crippen LogP contribution in [0.1, 0.15) is 10.4 Å². The molecule has 1 aromatic heterocycles. The number of halogens is 3. The van der Waals surface area contributed by atoms with Gasteiger partial charge in [0.2, 0.25) is 0 Å². The van der Waals surface area contributed by atoms with Gasteiger partial charge in [0.25, 0.3) is 15.9 Å². The van der Waals surface area contributed by atoms with Crippen LogP contribution in [0.15, 0.2) is 59.6 Å². The number of nitrogens with zero attached hydrogens (tertiary/aromatic N) is 3. The fraction of sp³-hybridized carbons (Fsp3) is 0.261. The summed E-state index contributed by atoms with van der Waals surface area (Å²) < 4.78 is 76.5. The van der Waals surface area contributed by atoms with Crippen molar-refractivity contribution < 1.29 is 40.7 Å². The lowest BCUT2D eigenvalue weighted by Crippen LogP contribution is -2.50. The molecule has 0 saturated carbocycles. The minimum Gasteiger partial charge on any atom is -0.453 e. The highest BCUT2D eigenvalue weighted by Gasteiger charge is 2.34. The molecule has 3 aromatic rings. The Bertz CT molecular complexity index is 1430. The number of pyridine rings is 1. The SMILES string of the molecule is COC(=O)N1CCN(C(=O)c2ccc(NS(=O)(=O)c3cccc4cccnc34)c(OC(F)(F)F)c2)CC1. The zero-order chi connectivity index (χ0) is 26.8. The van der Waals surface area contributed by atoms with Gasteiger partial charge in [-0.3, -0.25) is 14.5 Å². The Hall–Kier alpha value is -4.07. The minimum atomic E-state index is -5.16. The molecule has 2 aromatic carbocycles. The maximum atomic E-state index is 13.2. The fourth-order valence-electron chi connectivity index (χ4n) is 3.85. The van der Waals surface area contributed by atoms with Crippen LogP contribution >= 0.6 is 0 Å². The van der Waals surface area contributed by atoms with E-state index in [1.807, 2.05) is 0 Å². The number of aromatic nitrogens is 1. The Labute approximate surface area is 209 Å². The molecule has 0 radical (unpaired) electrons. The number of rotatable bonds is 5. The molecule has 0 atom stereocenters. The summed E-state index contributed by atoms with van der Waals surface area (Å²) in [5.74, 6) is -1.51. The number of benzene rings is 2. The van der Waals surface area contributed by atoms with Gasteiger partial charge in [0.1, 0.15) is 4.90 Å². The highest BCUT2D eigenvalue weighted by atomic mass is 32.2. The lowest BCUT2D eigenvalue weighted by molar-refractivity contribution is -0.274. The zero-order valence-electron chi connectivity index (χ0n) is 19.4. The molecule has 1 N–H and O–H groups in total. The molecule has 4 rings (SSSR count). The quantitative estimate of drug-likeness (QED) is 0.529. The average Bonchev–Trinajstić information content (AvgIpc) is 2.87. The van der Waals surface area contributed by atoms with Crippen LogP contribution in [0, 0.1) is 0 Å². The minimum absolute atomic E-state index is 0.131. The number of hydrogen-bond donors (Lipinski definition) is 1. The molecule has 0 unspecified atom stereocenters. The first-order chi connectivity index (χ1) is 17.5. The van der Waals surface area contributed by atoms with Crippen LogP contribution in [0.4, 0.5) is 23.7 Å². The standard InChI is InChI=1S/C23H21F3N4O6S/c1-35-22(32)30-12-10-29(11-13-30)21(31)16-7-8-17(18(14-16)36-23(24,25)26)28-37(33,34)19-6-2-4-15-5-3-9-27-20(15)19/h2-9,14,28H,10-13H2,1H3. The summed E-state index contributed by atoms with van der Waals surface area (Å²) in [6.45, 7) is 0.625. The van der Waals surface area contributed by atoms with Gasteiger partial charge in [0, 0.05) is 43.3 Å². The monoisotopic (exact) mass is 538 g/mol. The molecule has 2 heterocycles. The molecule has 10 nitrogen and oxygen atoms in total. The number of sulfonamides is 1. The van der Waals surface area contributed by atoms with Crippen LogP contribution in [0.25, 0.3) is 10.9 Å². The number of amides is 2. The first kappa shape index (κ1) is 26.0. The van der Waals surface area contributed by atoms with Crippen molar-refractivity contribution in [3.8, 4) is 5.75 Å². The van der Waals surface area contributed by atoms with Crippen molar-refractivity contribution in [3.05, 3.63) is 60.3 Å². The zero-order valence-corrected chi connectivity index (χ0v) is 20.2. The van der Waals surface area contributed by atoms with E-state index in [-0.39, 0.29) is 42.2 Å². The third kappa shape index (κ3) is 5.85. The molecule has 37 heavy (non-hydrogen) atoms. The Balaban J connectivity index is 1.62. The number of carbonyl (C=O) groups is 2. The number of anilines is 1. The summed E-state index contributed by atoms with van der Waals surface area (Å²) >= 11 is 0. The number of fused-ring (bicyclic) bond motifs is 1. The van der Waals surface area contributed by atoms with Gasteiger partial charge in [0.05, 0.1) is 18.3 Å². The normalized spacial score (nSPS) is 14.4. The first-order valence-electron chi connectivity index (χ1n) is 10.9. The number of alkyl halides is 3. The summed E-state index contributed by atoms with van der Waals surface area (Å²) in [7, 11) is -3.16. The third-order valence-electron chi connectivity index (χ3n) is 5.58. The predicted octanol–water partition coefficient (Wildman–Crippen LogP) is 3.46. The highest BCUT2D eigenvalue weighted by molar-refractivity contribution is 7.93. The van der Waals surface area contributed by atoms with Crippen molar-refractivity contribution in [2.45, 2.75) is 11.3 Å². The van der Waals surface area contributed by atoms with Gasteiger partial charge in [-0.1, -0.05) is 18.2 Å². The van der Waals surface area contributed by atoms with Crippen molar-refractivity contribution in [2.75, 3.05) is 38.0 Å². The van der Waals surface area contributed by atoms with Crippen LogP contribution in [-0.2, 0) is 14.8 Å². The number of nitrogens with one attached hydrogen (secondary N) is 1. The van der Waals surface area contributed by atoms with E-state index in [9.17, 15) is 31.2 Å². The Morgan fingerprint density at radius 1 is 1.00 bits per heavy atom. The number of hydrogen-bond acceptors (Lipinski definition) is 7. The molecule has 14 heteroatoms. The number of ether oxygens (including phenoxy) is 2. The molecular weight excluding hydrogens is 517 g/mol. The first-order valence-corrected chi connectivity index (χ1v) is 12.4. The fourth-order valence-corrected chi connectivity index (χ4v) is 5.10. The van der Waals surface area contributed by atoms with E-state index in [0.717, 1.165) is 12.1 Å². The lowest BCUT2D eigenvalue weighted by Gasteiger charge is -2.34. The number of methoxy groups -OCH3 is 1. The predicted molar refractivity (Wildman–Crippen MR) is 126 cm³/mol. The van der Waals surface area contributed by atoms with Gasteiger partial charge in [-0.25, -0.2) is 13.2 Å². The lowest BCUT2D eigenvalue weighted by atomic mass is 10.1. The summed E-state index contributed by atoms with van der Waals surface area (Å²) in [4.78, 5) is 31.1. The van der Waals surface area contributed by atoms with E-state index in [1.165, 1.54) is 41.3 Å². The van der Waals surface area contributed by atoms with E-state index in [0.29, 0.717) is 5.39 Å². The van der Waals surface area contributed by atoms with E-state index in [4.69, 9.17) is 0 Å². The largest absolute Gasteiger partial charge is 0.573 e. The van der Waals surface area contributed by atoms with Gasteiger partial charge < -0.3 is 19.3 Å². The van der Waals surface area contributed by atoms with Crippen molar-refractivity contribution in [2.24, 2.45) is 0 Å². The summed E-state index contributed by atoms with van der Waals surface area (Å²) in [6, 6.07) is 10.7. The second kappa shape index (κ2) is 10.1. The number of para-hydroxylation sites is 1. The van der Waals surface area contributed by atoms with Gasteiger partial charge in [-0.15, -0.1) is 13.2 Å². The average molecular weight is 539 g/mol. The van der Waals surface area contributed by atoms with E-state index in [2.05, 4.69) is 19.2 Å². The molecule has 0 spiro atoms. The molecule has 0 aliphatic carbocycles. The maximum absolute atomic E-state index is 13.2. The van der Waals surface area contributed by atoms with Crippen LogP contribution in [0.2, 0.25) is 0 Å². The number of carbonyl (C=O) groups excluding carboxylic acids is 2.